The van der Waals surface area contributed by atoms with Crippen LogP contribution in [0.5, 0.6) is 0 Å². The van der Waals surface area contributed by atoms with Gasteiger partial charge in [-0.25, -0.2) is 9.89 Å². The molecule has 2 aromatic rings. The molecule has 33 heavy (non-hydrogen) atoms. The predicted molar refractivity (Wildman–Crippen MR) is 136 cm³/mol. The molecule has 0 saturated heterocycles. The first-order valence-electron chi connectivity index (χ1n) is 11.5. The number of benzene rings is 2. The zero-order valence-electron chi connectivity index (χ0n) is 19.7. The van der Waals surface area contributed by atoms with Crippen molar-refractivity contribution in [3.63, 3.8) is 0 Å². The molecule has 2 aliphatic heterocycles. The highest BCUT2D eigenvalue weighted by Gasteiger charge is 2.43. The molecule has 0 saturated carbocycles. The topological polar surface area (TPSA) is 74.1 Å². The highest BCUT2D eigenvalue weighted by atomic mass is 32.2. The third-order valence-corrected chi connectivity index (χ3v) is 7.20. The SMILES string of the molecule is CC[C@H](SC1=Nc2ccccc2C2=N[C@@H](C(C)C)C(=O)N12)C(=O)Nc1ccc(C(C)C)cc1. The number of hydrogen-bond donors (Lipinski definition) is 1. The fraction of sp³-hybridized carbons (Fsp3) is 0.385. The Morgan fingerprint density at radius 3 is 2.42 bits per heavy atom. The quantitative estimate of drug-likeness (QED) is 0.609. The molecular formula is C26H30N4O2S. The Balaban J connectivity index is 1.58. The maximum atomic E-state index is 13.2. The number of nitrogens with zero attached hydrogens (tertiary/aromatic N) is 3. The van der Waals surface area contributed by atoms with Crippen molar-refractivity contribution in [3.8, 4) is 0 Å². The van der Waals surface area contributed by atoms with Gasteiger partial charge >= 0.3 is 0 Å². The summed E-state index contributed by atoms with van der Waals surface area (Å²) in [5.41, 5.74) is 3.61. The summed E-state index contributed by atoms with van der Waals surface area (Å²) in [5, 5.41) is 3.13. The molecule has 6 nitrogen and oxygen atoms in total. The monoisotopic (exact) mass is 462 g/mol. The van der Waals surface area contributed by atoms with Crippen molar-refractivity contribution in [2.75, 3.05) is 5.32 Å². The number of amides is 2. The Morgan fingerprint density at radius 1 is 1.09 bits per heavy atom. The van der Waals surface area contributed by atoms with Gasteiger partial charge in [0.15, 0.2) is 5.17 Å². The van der Waals surface area contributed by atoms with Crippen molar-refractivity contribution in [2.45, 2.75) is 58.2 Å². The van der Waals surface area contributed by atoms with Gasteiger partial charge < -0.3 is 5.32 Å². The van der Waals surface area contributed by atoms with Crippen LogP contribution in [0.3, 0.4) is 0 Å². The van der Waals surface area contributed by atoms with E-state index in [1.807, 2.05) is 69.3 Å². The number of para-hydroxylation sites is 1. The summed E-state index contributed by atoms with van der Waals surface area (Å²) in [7, 11) is 0. The fourth-order valence-corrected chi connectivity index (χ4v) is 4.93. The van der Waals surface area contributed by atoms with E-state index >= 15 is 0 Å². The standard InChI is InChI=1S/C26H30N4O2S/c1-6-21(24(31)27-18-13-11-17(12-14-18)15(2)3)33-26-28-20-10-8-7-9-19(20)23-29-22(16(4)5)25(32)30(23)26/h7-16,21-22H,6H2,1-5H3,(H,27,31)/t21-,22-/m0/s1. The van der Waals surface area contributed by atoms with Crippen LogP contribution in [-0.2, 0) is 9.59 Å². The minimum Gasteiger partial charge on any atom is -0.325 e. The number of nitrogens with one attached hydrogen (secondary N) is 1. The number of carbonyl (C=O) groups excluding carboxylic acids is 2. The van der Waals surface area contributed by atoms with Crippen molar-refractivity contribution >= 4 is 46.0 Å². The average Bonchev–Trinajstić information content (AvgIpc) is 3.15. The van der Waals surface area contributed by atoms with Crippen molar-refractivity contribution in [3.05, 3.63) is 59.7 Å². The first kappa shape index (κ1) is 23.2. The summed E-state index contributed by atoms with van der Waals surface area (Å²) in [6.07, 6.45) is 0.601. The number of aliphatic imine (C=N–C) groups is 2. The van der Waals surface area contributed by atoms with Gasteiger partial charge in [0.2, 0.25) is 5.91 Å². The zero-order chi connectivity index (χ0) is 23.7. The minimum absolute atomic E-state index is 0.0769. The number of hydrogen-bond acceptors (Lipinski definition) is 5. The molecule has 0 bridgehead atoms. The van der Waals surface area contributed by atoms with Crippen LogP contribution < -0.4 is 5.32 Å². The third-order valence-electron chi connectivity index (χ3n) is 5.89. The second-order valence-corrected chi connectivity index (χ2v) is 10.2. The second-order valence-electron chi connectivity index (χ2n) is 9.01. The molecule has 0 fully saturated rings. The molecular weight excluding hydrogens is 432 g/mol. The van der Waals surface area contributed by atoms with Crippen LogP contribution in [0.15, 0.2) is 58.5 Å². The van der Waals surface area contributed by atoms with Gasteiger partial charge in [-0.05, 0) is 48.1 Å². The molecule has 0 aliphatic carbocycles. The van der Waals surface area contributed by atoms with E-state index in [2.05, 4.69) is 19.2 Å². The Labute approximate surface area is 199 Å². The van der Waals surface area contributed by atoms with Gasteiger partial charge in [0.25, 0.3) is 5.91 Å². The molecule has 7 heteroatoms. The van der Waals surface area contributed by atoms with Crippen LogP contribution >= 0.6 is 11.8 Å². The van der Waals surface area contributed by atoms with E-state index in [0.717, 1.165) is 16.9 Å². The van der Waals surface area contributed by atoms with E-state index in [9.17, 15) is 9.59 Å². The highest BCUT2D eigenvalue weighted by molar-refractivity contribution is 8.15. The summed E-state index contributed by atoms with van der Waals surface area (Å²) < 4.78 is 0. The molecule has 0 radical (unpaired) electrons. The predicted octanol–water partition coefficient (Wildman–Crippen LogP) is 5.58. The lowest BCUT2D eigenvalue weighted by Gasteiger charge is -2.27. The van der Waals surface area contributed by atoms with Gasteiger partial charge in [0.05, 0.1) is 10.9 Å². The summed E-state index contributed by atoms with van der Waals surface area (Å²) in [6.45, 7) is 10.2. The van der Waals surface area contributed by atoms with Crippen LogP contribution in [0.2, 0.25) is 0 Å². The molecule has 0 unspecified atom stereocenters. The number of anilines is 1. The van der Waals surface area contributed by atoms with Gasteiger partial charge in [-0.1, -0.05) is 70.6 Å². The van der Waals surface area contributed by atoms with Gasteiger partial charge in [-0.3, -0.25) is 14.6 Å². The summed E-state index contributed by atoms with van der Waals surface area (Å²) in [4.78, 5) is 37.5. The Morgan fingerprint density at radius 2 is 1.79 bits per heavy atom. The molecule has 4 rings (SSSR count). The molecule has 1 N–H and O–H groups in total. The number of rotatable bonds is 6. The van der Waals surface area contributed by atoms with Crippen molar-refractivity contribution in [1.82, 2.24) is 4.90 Å². The summed E-state index contributed by atoms with van der Waals surface area (Å²) in [5.74, 6) is 0.955. The summed E-state index contributed by atoms with van der Waals surface area (Å²) >= 11 is 1.32. The maximum Gasteiger partial charge on any atom is 0.259 e. The fourth-order valence-electron chi connectivity index (χ4n) is 3.91. The van der Waals surface area contributed by atoms with Crippen molar-refractivity contribution in [2.24, 2.45) is 15.9 Å². The normalized spacial score (nSPS) is 18.1. The third kappa shape index (κ3) is 4.60. The number of carbonyl (C=O) groups is 2. The minimum atomic E-state index is -0.440. The molecule has 172 valence electrons. The Kier molecular flexibility index (Phi) is 6.70. The van der Waals surface area contributed by atoms with Crippen molar-refractivity contribution in [1.29, 1.82) is 0 Å². The van der Waals surface area contributed by atoms with Crippen LogP contribution in [0.4, 0.5) is 11.4 Å². The molecule has 2 aliphatic rings. The van der Waals surface area contributed by atoms with Crippen LogP contribution in [-0.4, -0.2) is 39.0 Å². The zero-order valence-corrected chi connectivity index (χ0v) is 20.5. The molecule has 0 aromatic heterocycles. The summed E-state index contributed by atoms with van der Waals surface area (Å²) in [6, 6.07) is 15.2. The highest BCUT2D eigenvalue weighted by Crippen LogP contribution is 2.36. The van der Waals surface area contributed by atoms with E-state index in [1.54, 1.807) is 4.90 Å². The first-order chi connectivity index (χ1) is 15.8. The van der Waals surface area contributed by atoms with Crippen LogP contribution in [0.25, 0.3) is 0 Å². The largest absolute Gasteiger partial charge is 0.325 e. The van der Waals surface area contributed by atoms with E-state index in [0.29, 0.717) is 23.3 Å². The smallest absolute Gasteiger partial charge is 0.259 e. The Hall–Kier alpha value is -2.93. The van der Waals surface area contributed by atoms with Gasteiger partial charge in [-0.2, -0.15) is 0 Å². The van der Waals surface area contributed by atoms with Gasteiger partial charge in [0, 0.05) is 11.3 Å². The molecule has 2 aromatic carbocycles. The number of amidine groups is 2. The first-order valence-corrected chi connectivity index (χ1v) is 12.4. The van der Waals surface area contributed by atoms with Gasteiger partial charge in [0.1, 0.15) is 11.9 Å². The molecule has 0 spiro atoms. The van der Waals surface area contributed by atoms with Crippen LogP contribution in [0.1, 0.15) is 58.1 Å². The lowest BCUT2D eigenvalue weighted by atomic mass is 10.0. The molecule has 2 atom stereocenters. The Bertz CT molecular complexity index is 1120. The lowest BCUT2D eigenvalue weighted by molar-refractivity contribution is -0.125. The van der Waals surface area contributed by atoms with E-state index in [1.165, 1.54) is 17.3 Å². The lowest BCUT2D eigenvalue weighted by Crippen LogP contribution is -2.43. The van der Waals surface area contributed by atoms with E-state index in [4.69, 9.17) is 9.98 Å². The molecule has 2 heterocycles. The maximum absolute atomic E-state index is 13.2. The molecule has 2 amide bonds. The van der Waals surface area contributed by atoms with E-state index < -0.39 is 11.3 Å². The van der Waals surface area contributed by atoms with Gasteiger partial charge in [-0.15, -0.1) is 0 Å². The van der Waals surface area contributed by atoms with Crippen LogP contribution in [0, 0.1) is 5.92 Å². The average molecular weight is 463 g/mol. The number of fused-ring (bicyclic) bond motifs is 3. The second kappa shape index (κ2) is 9.51. The van der Waals surface area contributed by atoms with E-state index in [-0.39, 0.29) is 17.7 Å². The number of thioether (sulfide) groups is 1. The van der Waals surface area contributed by atoms with Crippen molar-refractivity contribution < 1.29 is 9.59 Å².